The fourth-order valence-electron chi connectivity index (χ4n) is 2.08. The maximum atomic E-state index is 5.17. The third kappa shape index (κ3) is 2.57. The van der Waals surface area contributed by atoms with Crippen LogP contribution >= 0.6 is 0 Å². The number of nitrogens with zero attached hydrogens (tertiary/aromatic N) is 3. The average molecular weight is 233 g/mol. The summed E-state index contributed by atoms with van der Waals surface area (Å²) in [6, 6.07) is 4.09. The van der Waals surface area contributed by atoms with Crippen molar-refractivity contribution in [1.82, 2.24) is 14.9 Å². The molecule has 2 aromatic heterocycles. The monoisotopic (exact) mass is 233 g/mol. The fraction of sp³-hybridized carbons (Fsp3) is 0.538. The molecular weight excluding hydrogens is 214 g/mol. The first-order chi connectivity index (χ1) is 8.08. The van der Waals surface area contributed by atoms with Crippen molar-refractivity contribution in [3.05, 3.63) is 35.5 Å². The maximum Gasteiger partial charge on any atom is 0.139 e. The number of hydrogen-bond acceptors (Lipinski definition) is 3. The van der Waals surface area contributed by atoms with Crippen LogP contribution in [0.3, 0.4) is 0 Å². The summed E-state index contributed by atoms with van der Waals surface area (Å²) in [5, 5.41) is 8.27. The van der Waals surface area contributed by atoms with Crippen LogP contribution < -0.4 is 0 Å². The highest BCUT2D eigenvalue weighted by molar-refractivity contribution is 5.16. The van der Waals surface area contributed by atoms with Gasteiger partial charge in [-0.2, -0.15) is 5.10 Å². The van der Waals surface area contributed by atoms with Crippen molar-refractivity contribution in [2.45, 2.75) is 39.0 Å². The van der Waals surface area contributed by atoms with Crippen LogP contribution in [0, 0.1) is 0 Å². The zero-order valence-electron chi connectivity index (χ0n) is 10.8. The van der Waals surface area contributed by atoms with Crippen molar-refractivity contribution in [2.75, 3.05) is 0 Å². The molecule has 4 nitrogen and oxygen atoms in total. The first-order valence-corrected chi connectivity index (χ1v) is 6.01. The molecule has 2 aromatic rings. The van der Waals surface area contributed by atoms with Crippen LogP contribution in [0.25, 0.3) is 0 Å². The van der Waals surface area contributed by atoms with Crippen molar-refractivity contribution in [2.24, 2.45) is 7.05 Å². The standard InChI is InChI=1S/C13H19N3O/c1-9(2)12-8-11(15-16(12)4)7-10(3)13-5-6-14-17-13/h5-6,8-10H,7H2,1-4H3. The van der Waals surface area contributed by atoms with E-state index in [1.54, 1.807) is 6.20 Å². The van der Waals surface area contributed by atoms with Gasteiger partial charge in [0.1, 0.15) is 5.76 Å². The SMILES string of the molecule is CC(C)c1cc(CC(C)c2ccno2)nn1C. The lowest BCUT2D eigenvalue weighted by atomic mass is 10.0. The van der Waals surface area contributed by atoms with Gasteiger partial charge < -0.3 is 4.52 Å². The van der Waals surface area contributed by atoms with Gasteiger partial charge in [0, 0.05) is 31.1 Å². The second-order valence-electron chi connectivity index (χ2n) is 4.86. The van der Waals surface area contributed by atoms with Crippen LogP contribution in [0.5, 0.6) is 0 Å². The van der Waals surface area contributed by atoms with Crippen LogP contribution in [-0.2, 0) is 13.5 Å². The lowest BCUT2D eigenvalue weighted by molar-refractivity contribution is 0.364. The summed E-state index contributed by atoms with van der Waals surface area (Å²) in [4.78, 5) is 0. The van der Waals surface area contributed by atoms with E-state index < -0.39 is 0 Å². The van der Waals surface area contributed by atoms with Crippen LogP contribution in [0.2, 0.25) is 0 Å². The van der Waals surface area contributed by atoms with Crippen molar-refractivity contribution < 1.29 is 4.52 Å². The van der Waals surface area contributed by atoms with Crippen molar-refractivity contribution in [1.29, 1.82) is 0 Å². The molecule has 0 N–H and O–H groups in total. The van der Waals surface area contributed by atoms with Gasteiger partial charge in [-0.25, -0.2) is 0 Å². The molecule has 2 heterocycles. The van der Waals surface area contributed by atoms with Gasteiger partial charge in [-0.15, -0.1) is 0 Å². The number of aryl methyl sites for hydroxylation is 1. The minimum atomic E-state index is 0.312. The molecule has 1 unspecified atom stereocenters. The predicted octanol–water partition coefficient (Wildman–Crippen LogP) is 2.88. The van der Waals surface area contributed by atoms with Gasteiger partial charge in [-0.05, 0) is 12.0 Å². The zero-order valence-corrected chi connectivity index (χ0v) is 10.8. The van der Waals surface area contributed by atoms with Crippen molar-refractivity contribution in [3.63, 3.8) is 0 Å². The highest BCUT2D eigenvalue weighted by Gasteiger charge is 2.14. The summed E-state index contributed by atoms with van der Waals surface area (Å²) in [7, 11) is 2.00. The van der Waals surface area contributed by atoms with Gasteiger partial charge >= 0.3 is 0 Å². The summed E-state index contributed by atoms with van der Waals surface area (Å²) in [5.74, 6) is 1.73. The van der Waals surface area contributed by atoms with Gasteiger partial charge in [-0.1, -0.05) is 25.9 Å². The molecule has 0 amide bonds. The van der Waals surface area contributed by atoms with E-state index in [9.17, 15) is 0 Å². The summed E-state index contributed by atoms with van der Waals surface area (Å²) < 4.78 is 7.13. The lowest BCUT2D eigenvalue weighted by Gasteiger charge is -2.03. The van der Waals surface area contributed by atoms with E-state index in [0.29, 0.717) is 11.8 Å². The van der Waals surface area contributed by atoms with E-state index in [2.05, 4.69) is 37.1 Å². The smallest absolute Gasteiger partial charge is 0.139 e. The summed E-state index contributed by atoms with van der Waals surface area (Å²) in [5.41, 5.74) is 2.38. The Morgan fingerprint density at radius 3 is 2.65 bits per heavy atom. The molecule has 0 spiro atoms. The second-order valence-corrected chi connectivity index (χ2v) is 4.86. The molecule has 0 aliphatic carbocycles. The number of rotatable bonds is 4. The Bertz CT molecular complexity index is 471. The maximum absolute atomic E-state index is 5.17. The van der Waals surface area contributed by atoms with Crippen LogP contribution in [0.4, 0.5) is 0 Å². The highest BCUT2D eigenvalue weighted by Crippen LogP contribution is 2.21. The molecule has 2 rings (SSSR count). The van der Waals surface area contributed by atoms with Gasteiger partial charge in [0.25, 0.3) is 0 Å². The molecule has 17 heavy (non-hydrogen) atoms. The summed E-state index contributed by atoms with van der Waals surface area (Å²) in [6.45, 7) is 6.49. The quantitative estimate of drug-likeness (QED) is 0.815. The first kappa shape index (κ1) is 11.9. The molecule has 0 saturated carbocycles. The zero-order chi connectivity index (χ0) is 12.4. The predicted molar refractivity (Wildman–Crippen MR) is 65.9 cm³/mol. The minimum Gasteiger partial charge on any atom is -0.361 e. The Labute approximate surface area is 102 Å². The van der Waals surface area contributed by atoms with E-state index in [0.717, 1.165) is 17.9 Å². The Morgan fingerprint density at radius 1 is 1.35 bits per heavy atom. The third-order valence-corrected chi connectivity index (χ3v) is 3.02. The van der Waals surface area contributed by atoms with E-state index >= 15 is 0 Å². The third-order valence-electron chi connectivity index (χ3n) is 3.02. The van der Waals surface area contributed by atoms with Crippen molar-refractivity contribution >= 4 is 0 Å². The van der Waals surface area contributed by atoms with Gasteiger partial charge in [0.15, 0.2) is 0 Å². The van der Waals surface area contributed by atoms with E-state index in [1.165, 1.54) is 5.69 Å². The molecule has 0 saturated heterocycles. The van der Waals surface area contributed by atoms with Gasteiger partial charge in [0.2, 0.25) is 0 Å². The number of aromatic nitrogens is 3. The highest BCUT2D eigenvalue weighted by atomic mass is 16.5. The van der Waals surface area contributed by atoms with Crippen LogP contribution in [0.15, 0.2) is 22.9 Å². The van der Waals surface area contributed by atoms with E-state index in [1.807, 2.05) is 17.8 Å². The molecule has 92 valence electrons. The summed E-state index contributed by atoms with van der Waals surface area (Å²) in [6.07, 6.45) is 2.57. The minimum absolute atomic E-state index is 0.312. The topological polar surface area (TPSA) is 43.9 Å². The molecule has 4 heteroatoms. The molecule has 1 atom stereocenters. The molecule has 0 aliphatic heterocycles. The van der Waals surface area contributed by atoms with Gasteiger partial charge in [0.05, 0.1) is 11.9 Å². The molecule has 0 bridgehead atoms. The van der Waals surface area contributed by atoms with Crippen LogP contribution in [-0.4, -0.2) is 14.9 Å². The normalized spacial score (nSPS) is 13.2. The lowest BCUT2D eigenvalue weighted by Crippen LogP contribution is -2.00. The molecular formula is C13H19N3O. The molecule has 0 aromatic carbocycles. The van der Waals surface area contributed by atoms with Crippen LogP contribution in [0.1, 0.15) is 49.8 Å². The first-order valence-electron chi connectivity index (χ1n) is 6.01. The largest absolute Gasteiger partial charge is 0.361 e. The Kier molecular flexibility index (Phi) is 3.31. The fourth-order valence-corrected chi connectivity index (χ4v) is 2.08. The van der Waals surface area contributed by atoms with E-state index in [-0.39, 0.29) is 0 Å². The molecule has 0 aliphatic rings. The Balaban J connectivity index is 2.11. The summed E-state index contributed by atoms with van der Waals surface area (Å²) >= 11 is 0. The van der Waals surface area contributed by atoms with Gasteiger partial charge in [-0.3, -0.25) is 4.68 Å². The molecule has 0 radical (unpaired) electrons. The Hall–Kier alpha value is -1.58. The average Bonchev–Trinajstić information content (AvgIpc) is 2.86. The van der Waals surface area contributed by atoms with Crippen molar-refractivity contribution in [3.8, 4) is 0 Å². The number of hydrogen-bond donors (Lipinski definition) is 0. The van der Waals surface area contributed by atoms with E-state index in [4.69, 9.17) is 4.52 Å². The molecule has 0 fully saturated rings. The second kappa shape index (κ2) is 4.73. The Morgan fingerprint density at radius 2 is 2.12 bits per heavy atom.